The summed E-state index contributed by atoms with van der Waals surface area (Å²) >= 11 is 8.11. The number of halogens is 1. The Morgan fingerprint density at radius 2 is 2.00 bits per heavy atom. The zero-order valence-corrected chi connectivity index (χ0v) is 17.0. The highest BCUT2D eigenvalue weighted by molar-refractivity contribution is 7.16. The molecular weight excluding hydrogens is 354 g/mol. The number of hydrogen-bond donors (Lipinski definition) is 0. The Balaban J connectivity index is 1.56. The minimum absolute atomic E-state index is 0.144. The van der Waals surface area contributed by atoms with Gasteiger partial charge in [0.1, 0.15) is 4.34 Å². The topological polar surface area (TPSA) is 29.5 Å². The number of hydrogen-bond acceptors (Lipinski definition) is 3. The van der Waals surface area contributed by atoms with Crippen LogP contribution in [0.25, 0.3) is 0 Å². The largest absolute Gasteiger partial charge is 0.381 e. The maximum Gasteiger partial charge on any atom is 0.256 e. The van der Waals surface area contributed by atoms with Gasteiger partial charge in [0.2, 0.25) is 0 Å². The van der Waals surface area contributed by atoms with Gasteiger partial charge >= 0.3 is 0 Å². The van der Waals surface area contributed by atoms with Crippen molar-refractivity contribution < 1.29 is 9.53 Å². The summed E-state index contributed by atoms with van der Waals surface area (Å²) in [4.78, 5) is 16.7. The van der Waals surface area contributed by atoms with E-state index in [1.807, 2.05) is 0 Å². The molecule has 0 spiro atoms. The molecule has 3 heterocycles. The third-order valence-corrected chi connectivity index (χ3v) is 7.76. The third-order valence-electron chi connectivity index (χ3n) is 6.24. The summed E-state index contributed by atoms with van der Waals surface area (Å²) in [5.41, 5.74) is 1.30. The Morgan fingerprint density at radius 1 is 1.28 bits per heavy atom. The van der Waals surface area contributed by atoms with Crippen LogP contribution < -0.4 is 0 Å². The van der Waals surface area contributed by atoms with Gasteiger partial charge < -0.3 is 9.64 Å². The maximum atomic E-state index is 13.3. The molecular formula is C20H28ClNO2S. The summed E-state index contributed by atoms with van der Waals surface area (Å²) in [6, 6.07) is 2.44. The molecule has 1 aromatic rings. The van der Waals surface area contributed by atoms with E-state index in [1.165, 1.54) is 11.3 Å². The van der Waals surface area contributed by atoms with E-state index in [1.54, 1.807) is 11.3 Å². The molecule has 0 aromatic carbocycles. The number of thiophene rings is 1. The SMILES string of the molecule is CC1(C)CC2CC(C)(CN2C(=O)c2cc(C3CCOCC3)sc2Cl)C1. The molecule has 5 heteroatoms. The number of carbonyl (C=O) groups is 1. The standard InChI is InChI=1S/C20H28ClNO2S/c1-19(2)9-14-10-20(3,11-19)12-22(14)18(23)15-8-16(25-17(15)21)13-4-6-24-7-5-13/h8,13-14H,4-7,9-12H2,1-3H3. The highest BCUT2D eigenvalue weighted by Crippen LogP contribution is 2.53. The van der Waals surface area contributed by atoms with Crippen molar-refractivity contribution in [2.45, 2.75) is 64.8 Å². The van der Waals surface area contributed by atoms with Crippen molar-refractivity contribution in [1.29, 1.82) is 0 Å². The summed E-state index contributed by atoms with van der Waals surface area (Å²) < 4.78 is 6.13. The summed E-state index contributed by atoms with van der Waals surface area (Å²) in [6.45, 7) is 9.52. The van der Waals surface area contributed by atoms with Crippen LogP contribution in [0.1, 0.15) is 74.0 Å². The molecule has 2 atom stereocenters. The summed E-state index contributed by atoms with van der Waals surface area (Å²) in [6.07, 6.45) is 5.50. The van der Waals surface area contributed by atoms with Crippen LogP contribution in [0.4, 0.5) is 0 Å². The Morgan fingerprint density at radius 3 is 2.72 bits per heavy atom. The van der Waals surface area contributed by atoms with E-state index >= 15 is 0 Å². The van der Waals surface area contributed by atoms with Crippen LogP contribution in [0.2, 0.25) is 4.34 Å². The first kappa shape index (κ1) is 17.8. The van der Waals surface area contributed by atoms with Crippen LogP contribution in [0.15, 0.2) is 6.07 Å². The molecule has 138 valence electrons. The highest BCUT2D eigenvalue weighted by atomic mass is 35.5. The minimum Gasteiger partial charge on any atom is -0.381 e. The molecule has 2 bridgehead atoms. The molecule has 3 fully saturated rings. The quantitative estimate of drug-likeness (QED) is 0.692. The predicted molar refractivity (Wildman–Crippen MR) is 103 cm³/mol. The molecule has 0 N–H and O–H groups in total. The van der Waals surface area contributed by atoms with E-state index in [0.29, 0.717) is 21.7 Å². The van der Waals surface area contributed by atoms with E-state index in [0.717, 1.165) is 51.0 Å². The molecule has 2 aliphatic heterocycles. The Bertz CT molecular complexity index is 679. The lowest BCUT2D eigenvalue weighted by Gasteiger charge is -2.39. The van der Waals surface area contributed by atoms with E-state index in [2.05, 4.69) is 31.7 Å². The number of rotatable bonds is 2. The van der Waals surface area contributed by atoms with Crippen LogP contribution in [-0.2, 0) is 4.74 Å². The molecule has 2 unspecified atom stereocenters. The van der Waals surface area contributed by atoms with Crippen molar-refractivity contribution in [3.05, 3.63) is 20.8 Å². The second kappa shape index (κ2) is 6.24. The van der Waals surface area contributed by atoms with E-state index in [9.17, 15) is 4.79 Å². The van der Waals surface area contributed by atoms with Crippen molar-refractivity contribution >= 4 is 28.8 Å². The van der Waals surface area contributed by atoms with Crippen LogP contribution >= 0.6 is 22.9 Å². The second-order valence-corrected chi connectivity index (χ2v) is 11.1. The van der Waals surface area contributed by atoms with Crippen molar-refractivity contribution in [1.82, 2.24) is 4.90 Å². The summed E-state index contributed by atoms with van der Waals surface area (Å²) in [5, 5.41) is 0. The fraction of sp³-hybridized carbons (Fsp3) is 0.750. The zero-order valence-electron chi connectivity index (χ0n) is 15.4. The number of amides is 1. The molecule has 1 saturated carbocycles. The molecule has 1 amide bonds. The van der Waals surface area contributed by atoms with Crippen LogP contribution in [0.3, 0.4) is 0 Å². The van der Waals surface area contributed by atoms with Gasteiger partial charge in [-0.05, 0) is 54.9 Å². The third kappa shape index (κ3) is 3.38. The maximum absolute atomic E-state index is 13.3. The summed E-state index contributed by atoms with van der Waals surface area (Å²) in [5.74, 6) is 0.637. The number of fused-ring (bicyclic) bond motifs is 2. The Labute approximate surface area is 159 Å². The van der Waals surface area contributed by atoms with Crippen molar-refractivity contribution in [2.24, 2.45) is 10.8 Å². The first-order valence-corrected chi connectivity index (χ1v) is 10.6. The smallest absolute Gasteiger partial charge is 0.256 e. The zero-order chi connectivity index (χ0) is 17.8. The van der Waals surface area contributed by atoms with Crippen LogP contribution in [0, 0.1) is 10.8 Å². The van der Waals surface area contributed by atoms with Gasteiger partial charge in [0.25, 0.3) is 5.91 Å². The van der Waals surface area contributed by atoms with Gasteiger partial charge in [-0.15, -0.1) is 11.3 Å². The Kier molecular flexibility index (Phi) is 4.45. The van der Waals surface area contributed by atoms with E-state index in [4.69, 9.17) is 16.3 Å². The minimum atomic E-state index is 0.144. The van der Waals surface area contributed by atoms with Crippen LogP contribution in [-0.4, -0.2) is 36.6 Å². The molecule has 1 aromatic heterocycles. The van der Waals surface area contributed by atoms with Gasteiger partial charge in [0, 0.05) is 30.7 Å². The number of nitrogens with zero attached hydrogens (tertiary/aromatic N) is 1. The molecule has 1 aliphatic carbocycles. The molecule has 4 rings (SSSR count). The lowest BCUT2D eigenvalue weighted by Crippen LogP contribution is -2.37. The monoisotopic (exact) mass is 381 g/mol. The molecule has 2 saturated heterocycles. The lowest BCUT2D eigenvalue weighted by molar-refractivity contribution is 0.0708. The molecule has 0 radical (unpaired) electrons. The molecule has 3 nitrogen and oxygen atoms in total. The number of ether oxygens (including phenoxy) is 1. The first-order valence-electron chi connectivity index (χ1n) is 9.44. The van der Waals surface area contributed by atoms with Crippen molar-refractivity contribution in [3.8, 4) is 0 Å². The molecule has 3 aliphatic rings. The summed E-state index contributed by atoms with van der Waals surface area (Å²) in [7, 11) is 0. The van der Waals surface area contributed by atoms with Gasteiger partial charge in [-0.3, -0.25) is 4.79 Å². The van der Waals surface area contributed by atoms with Crippen molar-refractivity contribution in [3.63, 3.8) is 0 Å². The number of carbonyl (C=O) groups excluding carboxylic acids is 1. The average molecular weight is 382 g/mol. The van der Waals surface area contributed by atoms with Crippen molar-refractivity contribution in [2.75, 3.05) is 19.8 Å². The number of likely N-dealkylation sites (tertiary alicyclic amines) is 1. The molecule has 25 heavy (non-hydrogen) atoms. The average Bonchev–Trinajstić information content (AvgIpc) is 3.04. The van der Waals surface area contributed by atoms with Gasteiger partial charge in [0.15, 0.2) is 0 Å². The fourth-order valence-electron chi connectivity index (χ4n) is 5.57. The second-order valence-electron chi connectivity index (χ2n) is 9.37. The first-order chi connectivity index (χ1) is 11.8. The van der Waals surface area contributed by atoms with Crippen LogP contribution in [0.5, 0.6) is 0 Å². The predicted octanol–water partition coefficient (Wildman–Crippen LogP) is 5.34. The van der Waals surface area contributed by atoms with E-state index < -0.39 is 0 Å². The fourth-order valence-corrected chi connectivity index (χ4v) is 7.01. The van der Waals surface area contributed by atoms with Gasteiger partial charge in [0.05, 0.1) is 5.56 Å². The van der Waals surface area contributed by atoms with Gasteiger partial charge in [-0.1, -0.05) is 32.4 Å². The van der Waals surface area contributed by atoms with E-state index in [-0.39, 0.29) is 11.3 Å². The van der Waals surface area contributed by atoms with Gasteiger partial charge in [-0.25, -0.2) is 0 Å². The van der Waals surface area contributed by atoms with Gasteiger partial charge in [-0.2, -0.15) is 0 Å². The lowest BCUT2D eigenvalue weighted by atomic mass is 9.65. The Hall–Kier alpha value is -0.580. The normalized spacial score (nSPS) is 32.2. The highest BCUT2D eigenvalue weighted by Gasteiger charge is 2.51.